The van der Waals surface area contributed by atoms with Crippen LogP contribution in [0.25, 0.3) is 33.1 Å². The van der Waals surface area contributed by atoms with E-state index in [-0.39, 0.29) is 22.8 Å². The Kier molecular flexibility index (Phi) is 3.82. The van der Waals surface area contributed by atoms with Gasteiger partial charge in [-0.2, -0.15) is 0 Å². The van der Waals surface area contributed by atoms with Crippen LogP contribution in [-0.4, -0.2) is 29.0 Å². The number of hydrogen-bond acceptors (Lipinski definition) is 6. The van der Waals surface area contributed by atoms with Crippen LogP contribution in [0.3, 0.4) is 0 Å². The van der Waals surface area contributed by atoms with Crippen molar-refractivity contribution in [3.8, 4) is 34.3 Å². The van der Waals surface area contributed by atoms with E-state index in [0.29, 0.717) is 35.0 Å². The lowest BCUT2D eigenvalue weighted by atomic mass is 9.97. The van der Waals surface area contributed by atoms with E-state index in [2.05, 4.69) is 15.9 Å². The molecule has 0 fully saturated rings. The Balaban J connectivity index is 1.94. The predicted molar refractivity (Wildman–Crippen MR) is 111 cm³/mol. The van der Waals surface area contributed by atoms with E-state index < -0.39 is 5.63 Å². The molecule has 8 heteroatoms. The summed E-state index contributed by atoms with van der Waals surface area (Å²) in [6, 6.07) is 6.51. The lowest BCUT2D eigenvalue weighted by Gasteiger charge is -2.21. The van der Waals surface area contributed by atoms with Crippen molar-refractivity contribution >= 4 is 37.8 Å². The molecule has 3 heterocycles. The zero-order valence-electron chi connectivity index (χ0n) is 15.6. The summed E-state index contributed by atoms with van der Waals surface area (Å²) in [4.78, 5) is 12.8. The second kappa shape index (κ2) is 6.18. The third-order valence-corrected chi connectivity index (χ3v) is 6.19. The monoisotopic (exact) mass is 457 g/mol. The molecule has 0 spiro atoms. The van der Waals surface area contributed by atoms with E-state index >= 15 is 0 Å². The van der Waals surface area contributed by atoms with E-state index in [1.807, 2.05) is 4.57 Å². The summed E-state index contributed by atoms with van der Waals surface area (Å²) >= 11 is 3.68. The maximum Gasteiger partial charge on any atom is 0.361 e. The summed E-state index contributed by atoms with van der Waals surface area (Å²) in [7, 11) is 2.96. The molecule has 0 aliphatic carbocycles. The maximum atomic E-state index is 12.8. The van der Waals surface area contributed by atoms with E-state index in [4.69, 9.17) is 13.9 Å². The Hall–Kier alpha value is -3.13. The summed E-state index contributed by atoms with van der Waals surface area (Å²) < 4.78 is 18.7. The fraction of sp³-hybridized carbons (Fsp3) is 0.190. The number of benzene rings is 2. The largest absolute Gasteiger partial charge is 0.504 e. The fourth-order valence-corrected chi connectivity index (χ4v) is 4.94. The molecule has 0 atom stereocenters. The number of nitrogens with zero attached hydrogens (tertiary/aromatic N) is 1. The van der Waals surface area contributed by atoms with Crippen molar-refractivity contribution in [2.24, 2.45) is 0 Å². The number of aryl methyl sites for hydroxylation is 2. The lowest BCUT2D eigenvalue weighted by molar-refractivity contribution is 0.373. The van der Waals surface area contributed by atoms with Gasteiger partial charge in [-0.1, -0.05) is 0 Å². The molecule has 0 amide bonds. The molecule has 1 aliphatic heterocycles. The van der Waals surface area contributed by atoms with Gasteiger partial charge in [0.05, 0.1) is 24.4 Å². The van der Waals surface area contributed by atoms with Crippen molar-refractivity contribution in [2.45, 2.75) is 13.0 Å². The van der Waals surface area contributed by atoms with Crippen LogP contribution in [0.15, 0.2) is 37.9 Å². The quantitative estimate of drug-likeness (QED) is 0.438. The van der Waals surface area contributed by atoms with Gasteiger partial charge in [0.2, 0.25) is 0 Å². The molecule has 4 aromatic rings. The minimum atomic E-state index is -0.488. The summed E-state index contributed by atoms with van der Waals surface area (Å²) in [6.45, 7) is 0.557. The number of phenolic OH excluding ortho intramolecular Hbond substituents is 2. The Morgan fingerprint density at radius 3 is 2.48 bits per heavy atom. The molecular formula is C21H16BrNO6. The van der Waals surface area contributed by atoms with Crippen LogP contribution in [0.5, 0.6) is 23.0 Å². The second-order valence-corrected chi connectivity index (χ2v) is 7.67. The number of methoxy groups -OCH3 is 2. The SMILES string of the molecule is COc1cc2c(cc1O)CCn1c-2c(Br)c2c3cc(OC)c(O)cc3oc(=O)c21. The number of halogens is 1. The van der Waals surface area contributed by atoms with E-state index in [9.17, 15) is 15.0 Å². The summed E-state index contributed by atoms with van der Waals surface area (Å²) in [5.41, 5.74) is 2.86. The molecule has 29 heavy (non-hydrogen) atoms. The molecule has 5 rings (SSSR count). The van der Waals surface area contributed by atoms with Crippen LogP contribution in [0.2, 0.25) is 0 Å². The number of ether oxygens (including phenoxy) is 2. The van der Waals surface area contributed by atoms with Gasteiger partial charge >= 0.3 is 5.63 Å². The molecule has 0 saturated carbocycles. The van der Waals surface area contributed by atoms with Crippen LogP contribution >= 0.6 is 15.9 Å². The first-order chi connectivity index (χ1) is 13.9. The highest BCUT2D eigenvalue weighted by atomic mass is 79.9. The molecule has 2 N–H and O–H groups in total. The van der Waals surface area contributed by atoms with Gasteiger partial charge in [-0.25, -0.2) is 4.79 Å². The first-order valence-electron chi connectivity index (χ1n) is 8.90. The van der Waals surface area contributed by atoms with Crippen LogP contribution in [0, 0.1) is 0 Å². The van der Waals surface area contributed by atoms with Gasteiger partial charge in [0.25, 0.3) is 0 Å². The van der Waals surface area contributed by atoms with Crippen molar-refractivity contribution in [2.75, 3.05) is 14.2 Å². The number of phenols is 2. The minimum absolute atomic E-state index is 0.0807. The predicted octanol–water partition coefficient (Wildman–Crippen LogP) is 4.16. The van der Waals surface area contributed by atoms with Gasteiger partial charge in [0.1, 0.15) is 11.1 Å². The average molecular weight is 458 g/mol. The molecule has 148 valence electrons. The van der Waals surface area contributed by atoms with Gasteiger partial charge in [0.15, 0.2) is 23.0 Å². The van der Waals surface area contributed by atoms with Gasteiger partial charge < -0.3 is 28.7 Å². The molecule has 0 radical (unpaired) electrons. The zero-order chi connectivity index (χ0) is 20.4. The smallest absolute Gasteiger partial charge is 0.361 e. The van der Waals surface area contributed by atoms with E-state index in [1.165, 1.54) is 20.3 Å². The molecule has 0 saturated heterocycles. The third kappa shape index (κ3) is 2.38. The van der Waals surface area contributed by atoms with E-state index in [0.717, 1.165) is 21.3 Å². The highest BCUT2D eigenvalue weighted by molar-refractivity contribution is 9.10. The van der Waals surface area contributed by atoms with Crippen LogP contribution in [0.1, 0.15) is 5.56 Å². The Labute approximate surface area is 172 Å². The summed E-state index contributed by atoms with van der Waals surface area (Å²) in [6.07, 6.45) is 0.645. The zero-order valence-corrected chi connectivity index (χ0v) is 17.2. The second-order valence-electron chi connectivity index (χ2n) is 6.88. The molecule has 0 unspecified atom stereocenters. The lowest BCUT2D eigenvalue weighted by Crippen LogP contribution is -2.14. The molecule has 0 bridgehead atoms. The van der Waals surface area contributed by atoms with Crippen LogP contribution in [0.4, 0.5) is 0 Å². The first kappa shape index (κ1) is 17.9. The number of aromatic hydroxyl groups is 2. The molecule has 1 aliphatic rings. The standard InChI is InChI=1S/C21H16BrNO6/c1-27-15-6-10-9(5-12(15)24)3-4-23-19(10)18(22)17-11-7-16(28-2)13(25)8-14(11)29-21(26)20(17)23/h5-8,24-25H,3-4H2,1-2H3. The Morgan fingerprint density at radius 1 is 1.07 bits per heavy atom. The van der Waals surface area contributed by atoms with Crippen molar-refractivity contribution in [1.82, 2.24) is 4.57 Å². The van der Waals surface area contributed by atoms with Crippen molar-refractivity contribution < 1.29 is 24.1 Å². The fourth-order valence-electron chi connectivity index (χ4n) is 4.11. The summed E-state index contributed by atoms with van der Waals surface area (Å²) in [5.74, 6) is 0.624. The third-order valence-electron chi connectivity index (χ3n) is 5.42. The van der Waals surface area contributed by atoms with Gasteiger partial charge in [-0.3, -0.25) is 0 Å². The number of aromatic nitrogens is 1. The molecular weight excluding hydrogens is 442 g/mol. The van der Waals surface area contributed by atoms with Crippen molar-refractivity contribution in [3.63, 3.8) is 0 Å². The highest BCUT2D eigenvalue weighted by Gasteiger charge is 2.28. The summed E-state index contributed by atoms with van der Waals surface area (Å²) in [5, 5.41) is 21.6. The first-order valence-corrected chi connectivity index (χ1v) is 9.69. The van der Waals surface area contributed by atoms with Crippen molar-refractivity contribution in [1.29, 1.82) is 0 Å². The molecule has 2 aromatic heterocycles. The van der Waals surface area contributed by atoms with Crippen LogP contribution < -0.4 is 15.1 Å². The van der Waals surface area contributed by atoms with Gasteiger partial charge in [0, 0.05) is 28.9 Å². The Bertz CT molecular complexity index is 1380. The Morgan fingerprint density at radius 2 is 1.76 bits per heavy atom. The van der Waals surface area contributed by atoms with Gasteiger partial charge in [-0.05, 0) is 46.1 Å². The number of hydrogen-bond donors (Lipinski definition) is 2. The highest BCUT2D eigenvalue weighted by Crippen LogP contribution is 2.47. The topological polar surface area (TPSA) is 94.1 Å². The number of fused-ring (bicyclic) bond motifs is 7. The normalized spacial score (nSPS) is 12.8. The van der Waals surface area contributed by atoms with E-state index in [1.54, 1.807) is 18.2 Å². The minimum Gasteiger partial charge on any atom is -0.504 e. The molecule has 2 aromatic carbocycles. The maximum absolute atomic E-state index is 12.8. The van der Waals surface area contributed by atoms with Crippen LogP contribution in [-0.2, 0) is 13.0 Å². The van der Waals surface area contributed by atoms with Crippen molar-refractivity contribution in [3.05, 3.63) is 44.7 Å². The molecule has 7 nitrogen and oxygen atoms in total. The van der Waals surface area contributed by atoms with Gasteiger partial charge in [-0.15, -0.1) is 0 Å². The average Bonchev–Trinajstić information content (AvgIpc) is 3.01. The number of rotatable bonds is 2.